The molecule has 0 saturated heterocycles. The van der Waals surface area contributed by atoms with Crippen LogP contribution in [0.2, 0.25) is 0 Å². The molecule has 1 amide bonds. The van der Waals surface area contributed by atoms with Gasteiger partial charge in [0, 0.05) is 18.7 Å². The van der Waals surface area contributed by atoms with Gasteiger partial charge in [-0.1, -0.05) is 0 Å². The van der Waals surface area contributed by atoms with Gasteiger partial charge in [0.15, 0.2) is 0 Å². The van der Waals surface area contributed by atoms with Crippen LogP contribution in [0.3, 0.4) is 0 Å². The van der Waals surface area contributed by atoms with Crippen molar-refractivity contribution >= 4 is 34.0 Å². The number of anilines is 1. The van der Waals surface area contributed by atoms with E-state index in [0.717, 1.165) is 9.42 Å². The van der Waals surface area contributed by atoms with Crippen LogP contribution in [0.25, 0.3) is 0 Å². The minimum absolute atomic E-state index is 0.163. The van der Waals surface area contributed by atoms with Crippen LogP contribution in [0.4, 0.5) is 5.00 Å². The van der Waals surface area contributed by atoms with Crippen molar-refractivity contribution < 1.29 is 4.79 Å². The van der Waals surface area contributed by atoms with Crippen LogP contribution in [-0.4, -0.2) is 5.91 Å². The average molecular weight is 176 g/mol. The number of nitrogens with zero attached hydrogens (tertiary/aromatic N) is 1. The maximum absolute atomic E-state index is 10.6. The van der Waals surface area contributed by atoms with Crippen LogP contribution in [-0.2, 0) is 4.79 Å². The fourth-order valence-electron chi connectivity index (χ4n) is 0.537. The standard InChI is InChI=1S/C6H6ClNOS/c1-5(9)8(7)6-3-2-4-10-6/h2-4H,1H3. The summed E-state index contributed by atoms with van der Waals surface area (Å²) >= 11 is 7.01. The third-order valence-corrected chi connectivity index (χ3v) is 2.35. The summed E-state index contributed by atoms with van der Waals surface area (Å²) in [4.78, 5) is 10.6. The van der Waals surface area contributed by atoms with E-state index in [2.05, 4.69) is 0 Å². The van der Waals surface area contributed by atoms with Gasteiger partial charge in [-0.2, -0.15) is 0 Å². The van der Waals surface area contributed by atoms with Crippen molar-refractivity contribution in [3.8, 4) is 0 Å². The van der Waals surface area contributed by atoms with Gasteiger partial charge in [-0.15, -0.1) is 11.3 Å². The van der Waals surface area contributed by atoms with Crippen LogP contribution in [0.15, 0.2) is 17.5 Å². The van der Waals surface area contributed by atoms with Gasteiger partial charge in [0.2, 0.25) is 5.91 Å². The lowest BCUT2D eigenvalue weighted by Crippen LogP contribution is -2.14. The van der Waals surface area contributed by atoms with E-state index in [9.17, 15) is 4.79 Å². The normalized spacial score (nSPS) is 9.40. The first kappa shape index (κ1) is 7.57. The van der Waals surface area contributed by atoms with Crippen molar-refractivity contribution in [2.45, 2.75) is 6.92 Å². The van der Waals surface area contributed by atoms with E-state index in [0.29, 0.717) is 0 Å². The minimum atomic E-state index is -0.163. The van der Waals surface area contributed by atoms with Gasteiger partial charge in [-0.25, -0.2) is 4.42 Å². The molecule has 1 aromatic heterocycles. The molecule has 0 saturated carbocycles. The van der Waals surface area contributed by atoms with Crippen molar-refractivity contribution in [3.05, 3.63) is 17.5 Å². The number of carbonyl (C=O) groups is 1. The van der Waals surface area contributed by atoms with E-state index < -0.39 is 0 Å². The Balaban J connectivity index is 2.77. The molecule has 54 valence electrons. The summed E-state index contributed by atoms with van der Waals surface area (Å²) in [6, 6.07) is 3.64. The number of hydrogen-bond donors (Lipinski definition) is 0. The third kappa shape index (κ3) is 1.49. The molecule has 1 rings (SSSR count). The highest BCUT2D eigenvalue weighted by Gasteiger charge is 2.07. The molecule has 0 aliphatic rings. The summed E-state index contributed by atoms with van der Waals surface area (Å²) in [6.45, 7) is 1.42. The Hall–Kier alpha value is -0.540. The molecule has 1 heterocycles. The highest BCUT2D eigenvalue weighted by Crippen LogP contribution is 2.22. The number of rotatable bonds is 1. The molecule has 0 bridgehead atoms. The summed E-state index contributed by atoms with van der Waals surface area (Å²) in [7, 11) is 0. The number of carbonyl (C=O) groups excluding carboxylic acids is 1. The van der Waals surface area contributed by atoms with E-state index in [4.69, 9.17) is 11.8 Å². The van der Waals surface area contributed by atoms with Crippen LogP contribution in [0, 0.1) is 0 Å². The van der Waals surface area contributed by atoms with Crippen LogP contribution >= 0.6 is 23.1 Å². The maximum atomic E-state index is 10.6. The topological polar surface area (TPSA) is 20.3 Å². The van der Waals surface area contributed by atoms with Gasteiger partial charge in [0.25, 0.3) is 0 Å². The van der Waals surface area contributed by atoms with Crippen LogP contribution < -0.4 is 4.42 Å². The minimum Gasteiger partial charge on any atom is -0.273 e. The lowest BCUT2D eigenvalue weighted by molar-refractivity contribution is -0.115. The smallest absolute Gasteiger partial charge is 0.239 e. The SMILES string of the molecule is CC(=O)N(Cl)c1cccs1. The Bertz CT molecular complexity index is 222. The quantitative estimate of drug-likeness (QED) is 0.600. The first-order valence-corrected chi connectivity index (χ1v) is 3.93. The number of hydrogen-bond acceptors (Lipinski definition) is 2. The summed E-state index contributed by atoms with van der Waals surface area (Å²) in [5.74, 6) is -0.163. The molecule has 10 heavy (non-hydrogen) atoms. The number of halogens is 1. The van der Waals surface area contributed by atoms with Crippen molar-refractivity contribution in [2.75, 3.05) is 4.42 Å². The largest absolute Gasteiger partial charge is 0.273 e. The Labute approximate surface area is 68.1 Å². The van der Waals surface area contributed by atoms with Gasteiger partial charge in [0.1, 0.15) is 5.00 Å². The predicted molar refractivity (Wildman–Crippen MR) is 43.3 cm³/mol. The lowest BCUT2D eigenvalue weighted by Gasteiger charge is -2.06. The Morgan fingerprint density at radius 1 is 1.80 bits per heavy atom. The second-order valence-electron chi connectivity index (χ2n) is 1.75. The predicted octanol–water partition coefficient (Wildman–Crippen LogP) is 2.25. The zero-order valence-electron chi connectivity index (χ0n) is 5.37. The van der Waals surface area contributed by atoms with E-state index in [-0.39, 0.29) is 5.91 Å². The molecule has 0 aliphatic heterocycles. The molecule has 4 heteroatoms. The monoisotopic (exact) mass is 175 g/mol. The van der Waals surface area contributed by atoms with Crippen LogP contribution in [0.5, 0.6) is 0 Å². The Kier molecular flexibility index (Phi) is 2.29. The highest BCUT2D eigenvalue weighted by atomic mass is 35.5. The second-order valence-corrected chi connectivity index (χ2v) is 3.02. The Morgan fingerprint density at radius 2 is 2.50 bits per heavy atom. The molecule has 0 aromatic carbocycles. The molecule has 0 atom stereocenters. The van der Waals surface area contributed by atoms with E-state index >= 15 is 0 Å². The zero-order chi connectivity index (χ0) is 7.56. The summed E-state index contributed by atoms with van der Waals surface area (Å²) in [5.41, 5.74) is 0. The molecule has 0 unspecified atom stereocenters. The van der Waals surface area contributed by atoms with Crippen molar-refractivity contribution in [1.82, 2.24) is 0 Å². The molecule has 0 spiro atoms. The molecule has 0 aliphatic carbocycles. The van der Waals surface area contributed by atoms with Gasteiger partial charge in [-0.05, 0) is 17.5 Å². The van der Waals surface area contributed by atoms with Crippen molar-refractivity contribution in [2.24, 2.45) is 0 Å². The number of thiophene rings is 1. The molecule has 2 nitrogen and oxygen atoms in total. The van der Waals surface area contributed by atoms with Crippen molar-refractivity contribution in [1.29, 1.82) is 0 Å². The van der Waals surface area contributed by atoms with Gasteiger partial charge in [-0.3, -0.25) is 4.79 Å². The van der Waals surface area contributed by atoms with Gasteiger partial charge >= 0.3 is 0 Å². The Morgan fingerprint density at radius 3 is 2.90 bits per heavy atom. The fourth-order valence-corrected chi connectivity index (χ4v) is 1.39. The second kappa shape index (κ2) is 3.03. The highest BCUT2D eigenvalue weighted by molar-refractivity contribution is 7.14. The zero-order valence-corrected chi connectivity index (χ0v) is 6.95. The molecular formula is C6H6ClNOS. The summed E-state index contributed by atoms with van der Waals surface area (Å²) in [5, 5.41) is 2.63. The van der Waals surface area contributed by atoms with Crippen LogP contribution in [0.1, 0.15) is 6.92 Å². The number of amides is 1. The molecule has 0 radical (unpaired) electrons. The van der Waals surface area contributed by atoms with Crippen molar-refractivity contribution in [3.63, 3.8) is 0 Å². The summed E-state index contributed by atoms with van der Waals surface area (Å²) < 4.78 is 1.10. The third-order valence-electron chi connectivity index (χ3n) is 0.976. The molecule has 0 N–H and O–H groups in total. The lowest BCUT2D eigenvalue weighted by atomic mass is 10.6. The molecule has 1 aromatic rings. The summed E-state index contributed by atoms with van der Waals surface area (Å²) in [6.07, 6.45) is 0. The average Bonchev–Trinajstić information content (AvgIpc) is 2.36. The fraction of sp³-hybridized carbons (Fsp3) is 0.167. The van der Waals surface area contributed by atoms with Gasteiger partial charge < -0.3 is 0 Å². The molecular weight excluding hydrogens is 170 g/mol. The van der Waals surface area contributed by atoms with E-state index in [1.54, 1.807) is 6.07 Å². The first-order valence-electron chi connectivity index (χ1n) is 2.72. The maximum Gasteiger partial charge on any atom is 0.239 e. The van der Waals surface area contributed by atoms with E-state index in [1.165, 1.54) is 18.3 Å². The van der Waals surface area contributed by atoms with Gasteiger partial charge in [0.05, 0.1) is 0 Å². The van der Waals surface area contributed by atoms with E-state index in [1.807, 2.05) is 11.4 Å². The molecule has 0 fully saturated rings. The first-order chi connectivity index (χ1) is 4.72.